The van der Waals surface area contributed by atoms with Gasteiger partial charge in [-0.15, -0.1) is 0 Å². The summed E-state index contributed by atoms with van der Waals surface area (Å²) in [4.78, 5) is 2.09. The maximum absolute atomic E-state index is 13.5. The summed E-state index contributed by atoms with van der Waals surface area (Å²) in [7, 11) is 0. The highest BCUT2D eigenvalue weighted by molar-refractivity contribution is 5.58. The Morgan fingerprint density at radius 3 is 2.72 bits per heavy atom. The Balaban J connectivity index is 1.63. The molecule has 0 bridgehead atoms. The number of fused-ring (bicyclic) bond motifs is 3. The molecule has 0 saturated carbocycles. The maximum Gasteiger partial charge on any atom is 0.416 e. The summed E-state index contributed by atoms with van der Waals surface area (Å²) >= 11 is 0. The lowest BCUT2D eigenvalue weighted by atomic mass is 9.72. The lowest BCUT2D eigenvalue weighted by Gasteiger charge is -2.48. The largest absolute Gasteiger partial charge is 0.416 e. The van der Waals surface area contributed by atoms with Gasteiger partial charge < -0.3 is 15.2 Å². The second kappa shape index (κ2) is 9.53. The van der Waals surface area contributed by atoms with Crippen LogP contribution in [0, 0.1) is 11.8 Å². The second-order valence-electron chi connectivity index (χ2n) is 8.85. The van der Waals surface area contributed by atoms with Crippen LogP contribution in [0.1, 0.15) is 43.4 Å². The van der Waals surface area contributed by atoms with Crippen molar-refractivity contribution in [3.05, 3.63) is 53.4 Å². The molecule has 1 aromatic carbocycles. The number of allylic oxidation sites excluding steroid dienone is 3. The molecule has 176 valence electrons. The molecule has 1 aromatic rings. The lowest BCUT2D eigenvalue weighted by Crippen LogP contribution is -2.48. The Kier molecular flexibility index (Phi) is 6.93. The zero-order chi connectivity index (χ0) is 22.9. The molecule has 8 heteroatoms. The SMILES string of the molecule is CCN(CCO)C[C@H]1CC[C@@H]2[C@H](O1)c1cc(C(F)(F)F)ccc1N[C@H]2C1C=CC(F)=CC1. The molecule has 3 aliphatic rings. The van der Waals surface area contributed by atoms with Gasteiger partial charge in [0.05, 0.1) is 24.4 Å². The monoisotopic (exact) mass is 454 g/mol. The molecular formula is C24H30F4N2O2. The van der Waals surface area contributed by atoms with Crippen molar-refractivity contribution in [2.24, 2.45) is 11.8 Å². The van der Waals surface area contributed by atoms with E-state index in [4.69, 9.17) is 4.74 Å². The molecule has 1 fully saturated rings. The van der Waals surface area contributed by atoms with E-state index in [-0.39, 0.29) is 36.4 Å². The first kappa shape index (κ1) is 23.3. The molecule has 1 saturated heterocycles. The van der Waals surface area contributed by atoms with Crippen molar-refractivity contribution in [3.63, 3.8) is 0 Å². The van der Waals surface area contributed by atoms with E-state index < -0.39 is 17.8 Å². The molecule has 2 N–H and O–H groups in total. The molecule has 32 heavy (non-hydrogen) atoms. The van der Waals surface area contributed by atoms with Gasteiger partial charge in [-0.2, -0.15) is 13.2 Å². The Morgan fingerprint density at radius 2 is 2.06 bits per heavy atom. The number of likely N-dealkylation sites (N-methyl/N-ethyl adjacent to an activating group) is 1. The van der Waals surface area contributed by atoms with Crippen LogP contribution in [0.5, 0.6) is 0 Å². The molecule has 0 aromatic heterocycles. The molecule has 1 unspecified atom stereocenters. The number of aliphatic hydroxyl groups excluding tert-OH is 1. The molecule has 0 amide bonds. The highest BCUT2D eigenvalue weighted by Crippen LogP contribution is 2.49. The van der Waals surface area contributed by atoms with Gasteiger partial charge in [-0.3, -0.25) is 4.90 Å². The Hall–Kier alpha value is -1.90. The van der Waals surface area contributed by atoms with Crippen molar-refractivity contribution in [3.8, 4) is 0 Å². The lowest BCUT2D eigenvalue weighted by molar-refractivity contribution is -0.138. The molecule has 0 radical (unpaired) electrons. The molecule has 4 rings (SSSR count). The molecule has 4 nitrogen and oxygen atoms in total. The summed E-state index contributed by atoms with van der Waals surface area (Å²) in [5.41, 5.74) is 0.507. The third kappa shape index (κ3) is 4.87. The first-order valence-corrected chi connectivity index (χ1v) is 11.3. The van der Waals surface area contributed by atoms with Crippen molar-refractivity contribution < 1.29 is 27.4 Å². The Labute approximate surface area is 185 Å². The van der Waals surface area contributed by atoms with Crippen LogP contribution in [0.3, 0.4) is 0 Å². The fourth-order valence-corrected chi connectivity index (χ4v) is 5.21. The predicted octanol–water partition coefficient (Wildman–Crippen LogP) is 5.08. The van der Waals surface area contributed by atoms with Crippen molar-refractivity contribution in [2.75, 3.05) is 31.6 Å². The number of halogens is 4. The first-order valence-electron chi connectivity index (χ1n) is 11.3. The smallest absolute Gasteiger partial charge is 0.395 e. The van der Waals surface area contributed by atoms with E-state index in [0.717, 1.165) is 25.5 Å². The summed E-state index contributed by atoms with van der Waals surface area (Å²) < 4.78 is 60.3. The highest BCUT2D eigenvalue weighted by Gasteiger charge is 2.45. The highest BCUT2D eigenvalue weighted by atomic mass is 19.4. The van der Waals surface area contributed by atoms with Gasteiger partial charge in [0.2, 0.25) is 0 Å². The van der Waals surface area contributed by atoms with Gasteiger partial charge >= 0.3 is 6.18 Å². The van der Waals surface area contributed by atoms with Crippen LogP contribution in [-0.4, -0.2) is 48.4 Å². The van der Waals surface area contributed by atoms with E-state index >= 15 is 0 Å². The first-order chi connectivity index (χ1) is 15.3. The standard InChI is InChI=1S/C24H30F4N2O2/c1-2-30(11-12-31)14-18-8-9-19-22(15-3-6-17(25)7-4-15)29-21-10-5-16(24(26,27)28)13-20(21)23(19)32-18/h3,5-7,10,13,15,18-19,22-23,29,31H,2,4,8-9,11-12,14H2,1H3/t15?,18-,19+,22+,23+/m1/s1. The Morgan fingerprint density at radius 1 is 1.25 bits per heavy atom. The summed E-state index contributed by atoms with van der Waals surface area (Å²) in [5.74, 6) is -0.231. The van der Waals surface area contributed by atoms with Crippen LogP contribution in [0.2, 0.25) is 0 Å². The van der Waals surface area contributed by atoms with Crippen LogP contribution < -0.4 is 5.32 Å². The normalized spacial score (nSPS) is 29.8. The van der Waals surface area contributed by atoms with Crippen molar-refractivity contribution >= 4 is 5.69 Å². The van der Waals surface area contributed by atoms with Crippen LogP contribution in [0.15, 0.2) is 42.3 Å². The molecule has 2 aliphatic heterocycles. The predicted molar refractivity (Wildman–Crippen MR) is 115 cm³/mol. The van der Waals surface area contributed by atoms with Crippen molar-refractivity contribution in [1.82, 2.24) is 4.90 Å². The van der Waals surface area contributed by atoms with Crippen LogP contribution >= 0.6 is 0 Å². The number of rotatable bonds is 6. The molecular weight excluding hydrogens is 424 g/mol. The van der Waals surface area contributed by atoms with Crippen LogP contribution in [0.25, 0.3) is 0 Å². The van der Waals surface area contributed by atoms with Crippen molar-refractivity contribution in [2.45, 2.75) is 50.6 Å². The van der Waals surface area contributed by atoms with Gasteiger partial charge in [0.15, 0.2) is 0 Å². The average Bonchev–Trinajstić information content (AvgIpc) is 2.78. The van der Waals surface area contributed by atoms with Gasteiger partial charge in [-0.05, 0) is 56.2 Å². The van der Waals surface area contributed by atoms with E-state index in [1.165, 1.54) is 18.2 Å². The third-order valence-electron chi connectivity index (χ3n) is 6.89. The maximum atomic E-state index is 13.5. The van der Waals surface area contributed by atoms with Gasteiger partial charge in [0.1, 0.15) is 5.83 Å². The fourth-order valence-electron chi connectivity index (χ4n) is 5.21. The van der Waals surface area contributed by atoms with Crippen molar-refractivity contribution in [1.29, 1.82) is 0 Å². The minimum Gasteiger partial charge on any atom is -0.395 e. The number of hydrogen-bond donors (Lipinski definition) is 2. The number of nitrogens with zero attached hydrogens (tertiary/aromatic N) is 1. The van der Waals surface area contributed by atoms with Gasteiger partial charge in [0, 0.05) is 42.2 Å². The topological polar surface area (TPSA) is 44.7 Å². The number of nitrogens with one attached hydrogen (secondary N) is 1. The summed E-state index contributed by atoms with van der Waals surface area (Å²) in [5, 5.41) is 12.7. The number of anilines is 1. The number of aliphatic hydroxyl groups is 1. The van der Waals surface area contributed by atoms with Gasteiger partial charge in [-0.25, -0.2) is 4.39 Å². The van der Waals surface area contributed by atoms with E-state index in [1.807, 2.05) is 13.0 Å². The van der Waals surface area contributed by atoms with E-state index in [1.54, 1.807) is 6.08 Å². The average molecular weight is 455 g/mol. The zero-order valence-corrected chi connectivity index (χ0v) is 18.1. The summed E-state index contributed by atoms with van der Waals surface area (Å²) in [6, 6.07) is 3.74. The molecule has 1 aliphatic carbocycles. The summed E-state index contributed by atoms with van der Waals surface area (Å²) in [6.07, 6.45) is 2.00. The van der Waals surface area contributed by atoms with E-state index in [0.29, 0.717) is 30.8 Å². The number of ether oxygens (including phenoxy) is 1. The quantitative estimate of drug-likeness (QED) is 0.589. The minimum absolute atomic E-state index is 0.0145. The fraction of sp³-hybridized carbons (Fsp3) is 0.583. The van der Waals surface area contributed by atoms with Crippen LogP contribution in [-0.2, 0) is 10.9 Å². The zero-order valence-electron chi connectivity index (χ0n) is 18.1. The van der Waals surface area contributed by atoms with E-state index in [2.05, 4.69) is 10.2 Å². The summed E-state index contributed by atoms with van der Waals surface area (Å²) in [6.45, 7) is 3.99. The van der Waals surface area contributed by atoms with Gasteiger partial charge in [0.25, 0.3) is 0 Å². The van der Waals surface area contributed by atoms with Crippen LogP contribution in [0.4, 0.5) is 23.2 Å². The number of alkyl halides is 3. The van der Waals surface area contributed by atoms with E-state index in [9.17, 15) is 22.7 Å². The molecule has 2 heterocycles. The number of benzene rings is 1. The Bertz CT molecular complexity index is 870. The molecule has 0 spiro atoms. The van der Waals surface area contributed by atoms with Gasteiger partial charge in [-0.1, -0.05) is 13.0 Å². The second-order valence-corrected chi connectivity index (χ2v) is 8.85. The minimum atomic E-state index is -4.43. The third-order valence-corrected chi connectivity index (χ3v) is 6.89. The number of hydrogen-bond acceptors (Lipinski definition) is 4. The molecule has 5 atom stereocenters.